The van der Waals surface area contributed by atoms with Gasteiger partial charge in [0.25, 0.3) is 0 Å². The zero-order valence-corrected chi connectivity index (χ0v) is 13.0. The molecule has 6 heteroatoms. The van der Waals surface area contributed by atoms with Crippen molar-refractivity contribution in [2.45, 2.75) is 0 Å². The van der Waals surface area contributed by atoms with E-state index in [0.29, 0.717) is 21.7 Å². The van der Waals surface area contributed by atoms with Crippen molar-refractivity contribution in [2.75, 3.05) is 10.3 Å². The lowest BCUT2D eigenvalue weighted by atomic mass is 10.0. The number of rotatable bonds is 2. The van der Waals surface area contributed by atoms with E-state index in [9.17, 15) is 14.9 Å². The normalized spacial score (nSPS) is 14.2. The molecule has 2 aliphatic rings. The van der Waals surface area contributed by atoms with Crippen molar-refractivity contribution in [1.82, 2.24) is 0 Å². The van der Waals surface area contributed by atoms with E-state index in [1.165, 1.54) is 6.20 Å². The predicted molar refractivity (Wildman–Crippen MR) is 97.5 cm³/mol. The van der Waals surface area contributed by atoms with Gasteiger partial charge in [0.15, 0.2) is 10.5 Å². The van der Waals surface area contributed by atoms with Gasteiger partial charge in [0.2, 0.25) is 0 Å². The highest BCUT2D eigenvalue weighted by atomic mass is 16.7. The van der Waals surface area contributed by atoms with Crippen LogP contribution < -0.4 is 26.2 Å². The summed E-state index contributed by atoms with van der Waals surface area (Å²) >= 11 is 0. The number of nitrogens with zero attached hydrogens (tertiary/aromatic N) is 2. The van der Waals surface area contributed by atoms with Crippen LogP contribution in [0.15, 0.2) is 65.7 Å². The molecule has 0 aromatic heterocycles. The molecule has 0 amide bonds. The Hall–Kier alpha value is -3.67. The SMILES string of the molecule is O=c1c2c(ccc3c1=CC(c1ccccc1)=CN3[N+](=O)[O-])NC=CC=2. The Balaban J connectivity index is 2.08. The van der Waals surface area contributed by atoms with E-state index in [0.717, 1.165) is 10.6 Å². The fourth-order valence-corrected chi connectivity index (χ4v) is 2.96. The molecule has 0 spiro atoms. The molecule has 6 nitrogen and oxygen atoms in total. The average molecular weight is 331 g/mol. The lowest BCUT2D eigenvalue weighted by Crippen LogP contribution is -2.42. The van der Waals surface area contributed by atoms with Crippen LogP contribution in [0.25, 0.3) is 17.7 Å². The second-order valence-corrected chi connectivity index (χ2v) is 5.64. The van der Waals surface area contributed by atoms with Gasteiger partial charge in [-0.05, 0) is 35.9 Å². The van der Waals surface area contributed by atoms with Crippen LogP contribution in [0.4, 0.5) is 11.4 Å². The van der Waals surface area contributed by atoms with E-state index in [1.54, 1.807) is 36.6 Å². The fraction of sp³-hybridized carbons (Fsp3) is 0. The van der Waals surface area contributed by atoms with E-state index < -0.39 is 5.03 Å². The third-order valence-corrected chi connectivity index (χ3v) is 4.15. The predicted octanol–water partition coefficient (Wildman–Crippen LogP) is 1.60. The maximum absolute atomic E-state index is 13.0. The molecule has 0 saturated heterocycles. The van der Waals surface area contributed by atoms with Gasteiger partial charge in [0.05, 0.1) is 11.4 Å². The molecule has 1 N–H and O–H groups in total. The van der Waals surface area contributed by atoms with E-state index in [-0.39, 0.29) is 11.1 Å². The molecule has 122 valence electrons. The molecule has 2 aliphatic heterocycles. The van der Waals surface area contributed by atoms with Gasteiger partial charge >= 0.3 is 0 Å². The van der Waals surface area contributed by atoms with E-state index in [1.807, 2.05) is 30.3 Å². The molecule has 0 atom stereocenters. The van der Waals surface area contributed by atoms with Gasteiger partial charge in [-0.25, -0.2) is 10.1 Å². The Bertz CT molecular complexity index is 1120. The average Bonchev–Trinajstić information content (AvgIpc) is 2.79. The molecular weight excluding hydrogens is 318 g/mol. The van der Waals surface area contributed by atoms with Crippen molar-refractivity contribution in [3.05, 3.63) is 97.3 Å². The van der Waals surface area contributed by atoms with Crippen molar-refractivity contribution in [2.24, 2.45) is 0 Å². The van der Waals surface area contributed by atoms with Crippen molar-refractivity contribution in [3.63, 3.8) is 0 Å². The van der Waals surface area contributed by atoms with Gasteiger partial charge in [-0.3, -0.25) is 4.79 Å². The lowest BCUT2D eigenvalue weighted by Gasteiger charge is -2.15. The Morgan fingerprint density at radius 1 is 1.04 bits per heavy atom. The topological polar surface area (TPSA) is 75.5 Å². The summed E-state index contributed by atoms with van der Waals surface area (Å²) in [6, 6.07) is 12.5. The van der Waals surface area contributed by atoms with Gasteiger partial charge in [0.1, 0.15) is 5.69 Å². The van der Waals surface area contributed by atoms with Gasteiger partial charge < -0.3 is 5.32 Å². The first-order valence-electron chi connectivity index (χ1n) is 7.68. The highest BCUT2D eigenvalue weighted by molar-refractivity contribution is 5.92. The summed E-state index contributed by atoms with van der Waals surface area (Å²) in [5.74, 6) is 0. The molecule has 2 heterocycles. The third kappa shape index (κ3) is 2.49. The van der Waals surface area contributed by atoms with Gasteiger partial charge in [-0.2, -0.15) is 0 Å². The standard InChI is InChI=1S/C19H13N3O3/c23-19-15-7-4-10-20-17(15)8-9-18-16(19)11-14(12-21(18)22(24)25)13-5-2-1-3-6-13/h1-12,20H. The number of nitro groups is 1. The zero-order valence-electron chi connectivity index (χ0n) is 13.0. The zero-order chi connectivity index (χ0) is 17.4. The molecule has 2 aromatic rings. The van der Waals surface area contributed by atoms with Gasteiger partial charge in [-0.1, -0.05) is 35.3 Å². The van der Waals surface area contributed by atoms with Crippen LogP contribution in [-0.4, -0.2) is 5.03 Å². The Labute approximate surface area is 142 Å². The highest BCUT2D eigenvalue weighted by Gasteiger charge is 2.23. The van der Waals surface area contributed by atoms with E-state index in [2.05, 4.69) is 5.32 Å². The van der Waals surface area contributed by atoms with Crippen LogP contribution in [0.1, 0.15) is 5.56 Å². The van der Waals surface area contributed by atoms with Crippen molar-refractivity contribution in [3.8, 4) is 0 Å². The van der Waals surface area contributed by atoms with Gasteiger partial charge in [-0.15, -0.1) is 0 Å². The number of hydrogen-bond acceptors (Lipinski definition) is 4. The first-order chi connectivity index (χ1) is 12.1. The molecular formula is C19H13N3O3. The molecule has 0 aliphatic carbocycles. The van der Waals surface area contributed by atoms with Crippen LogP contribution in [0, 0.1) is 10.1 Å². The number of hydrogen-bond donors (Lipinski definition) is 1. The largest absolute Gasteiger partial charge is 0.361 e. The summed E-state index contributed by atoms with van der Waals surface area (Å²) in [7, 11) is 0. The fourth-order valence-electron chi connectivity index (χ4n) is 2.96. The summed E-state index contributed by atoms with van der Waals surface area (Å²) in [5.41, 5.74) is 2.04. The number of benzene rings is 1. The molecule has 0 radical (unpaired) electrons. The highest BCUT2D eigenvalue weighted by Crippen LogP contribution is 2.23. The van der Waals surface area contributed by atoms with Crippen LogP contribution >= 0.6 is 0 Å². The lowest BCUT2D eigenvalue weighted by molar-refractivity contribution is -0.485. The second-order valence-electron chi connectivity index (χ2n) is 5.64. The Kier molecular flexibility index (Phi) is 3.43. The van der Waals surface area contributed by atoms with Crippen LogP contribution in [0.5, 0.6) is 0 Å². The summed E-state index contributed by atoms with van der Waals surface area (Å²) < 4.78 is 0. The van der Waals surface area contributed by atoms with Gasteiger partial charge in [0, 0.05) is 22.7 Å². The minimum absolute atomic E-state index is 0.249. The number of fused-ring (bicyclic) bond motifs is 2. The molecule has 0 fully saturated rings. The maximum Gasteiger partial charge on any atom is 0.197 e. The number of hydrazine groups is 1. The molecule has 25 heavy (non-hydrogen) atoms. The van der Waals surface area contributed by atoms with E-state index >= 15 is 0 Å². The summed E-state index contributed by atoms with van der Waals surface area (Å²) in [6.07, 6.45) is 8.30. The number of allylic oxidation sites excluding steroid dienone is 2. The monoisotopic (exact) mass is 331 g/mol. The second kappa shape index (κ2) is 5.76. The summed E-state index contributed by atoms with van der Waals surface area (Å²) in [6.45, 7) is 0. The minimum Gasteiger partial charge on any atom is -0.361 e. The Morgan fingerprint density at radius 3 is 2.60 bits per heavy atom. The Morgan fingerprint density at radius 2 is 1.84 bits per heavy atom. The molecule has 0 saturated carbocycles. The maximum atomic E-state index is 13.0. The van der Waals surface area contributed by atoms with Crippen molar-refractivity contribution in [1.29, 1.82) is 0 Å². The van der Waals surface area contributed by atoms with Crippen LogP contribution in [-0.2, 0) is 0 Å². The summed E-state index contributed by atoms with van der Waals surface area (Å²) in [4.78, 5) is 24.6. The van der Waals surface area contributed by atoms with Crippen molar-refractivity contribution >= 4 is 29.1 Å². The first kappa shape index (κ1) is 14.9. The quantitative estimate of drug-likeness (QED) is 0.668. The number of nitrogens with one attached hydrogen (secondary N) is 1. The van der Waals surface area contributed by atoms with Crippen LogP contribution in [0.3, 0.4) is 0 Å². The minimum atomic E-state index is -0.525. The molecule has 4 rings (SSSR count). The molecule has 2 aromatic carbocycles. The molecule has 0 unspecified atom stereocenters. The van der Waals surface area contributed by atoms with Crippen molar-refractivity contribution < 1.29 is 5.03 Å². The van der Waals surface area contributed by atoms with E-state index in [4.69, 9.17) is 0 Å². The summed E-state index contributed by atoms with van der Waals surface area (Å²) in [5, 5.41) is 15.7. The third-order valence-electron chi connectivity index (χ3n) is 4.15. The van der Waals surface area contributed by atoms with Crippen LogP contribution in [0.2, 0.25) is 0 Å². The molecule has 0 bridgehead atoms. The first-order valence-corrected chi connectivity index (χ1v) is 7.68. The number of anilines is 2. The smallest absolute Gasteiger partial charge is 0.197 e.